The van der Waals surface area contributed by atoms with Crippen LogP contribution in [0.4, 0.5) is 0 Å². The van der Waals surface area contributed by atoms with Gasteiger partial charge in [0.25, 0.3) is 0 Å². The van der Waals surface area contributed by atoms with E-state index in [4.69, 9.17) is 10.5 Å². The maximum Gasteiger partial charge on any atom is 0.0491 e. The summed E-state index contributed by atoms with van der Waals surface area (Å²) in [5.74, 6) is 0.707. The zero-order chi connectivity index (χ0) is 13.7. The first-order valence-corrected chi connectivity index (χ1v) is 7.73. The molecule has 1 aromatic rings. The van der Waals surface area contributed by atoms with Crippen LogP contribution in [-0.2, 0) is 4.74 Å². The van der Waals surface area contributed by atoms with Crippen molar-refractivity contribution < 1.29 is 4.74 Å². The highest BCUT2D eigenvalue weighted by atomic mass is 79.9. The van der Waals surface area contributed by atoms with Crippen LogP contribution in [0.2, 0.25) is 0 Å². The Kier molecular flexibility index (Phi) is 5.82. The minimum Gasteiger partial charge on any atom is -0.384 e. The van der Waals surface area contributed by atoms with Crippen molar-refractivity contribution in [3.8, 4) is 0 Å². The van der Waals surface area contributed by atoms with Crippen LogP contribution >= 0.6 is 15.9 Å². The minimum atomic E-state index is 0.319. The Morgan fingerprint density at radius 2 is 2.05 bits per heavy atom. The molecule has 1 aliphatic heterocycles. The molecule has 1 aromatic carbocycles. The Morgan fingerprint density at radius 3 is 2.63 bits per heavy atom. The van der Waals surface area contributed by atoms with Gasteiger partial charge in [-0.25, -0.2) is 0 Å². The van der Waals surface area contributed by atoms with Gasteiger partial charge >= 0.3 is 0 Å². The Balaban J connectivity index is 2.02. The second-order valence-electron chi connectivity index (χ2n) is 5.21. The normalized spacial score (nSPS) is 19.5. The molecule has 0 radical (unpaired) electrons. The second-order valence-corrected chi connectivity index (χ2v) is 6.06. The fourth-order valence-electron chi connectivity index (χ4n) is 2.89. The van der Waals surface area contributed by atoms with Crippen molar-refractivity contribution in [2.45, 2.75) is 18.9 Å². The van der Waals surface area contributed by atoms with Crippen LogP contribution in [0, 0.1) is 5.92 Å². The fourth-order valence-corrected chi connectivity index (χ4v) is 3.43. The lowest BCUT2D eigenvalue weighted by Crippen LogP contribution is -2.40. The number of nitrogens with zero attached hydrogens (tertiary/aromatic N) is 1. The number of piperidine rings is 1. The lowest BCUT2D eigenvalue weighted by atomic mass is 9.95. The van der Waals surface area contributed by atoms with Gasteiger partial charge in [0.05, 0.1) is 0 Å². The van der Waals surface area contributed by atoms with Crippen LogP contribution in [0.25, 0.3) is 0 Å². The summed E-state index contributed by atoms with van der Waals surface area (Å²) in [7, 11) is 1.79. The average molecular weight is 327 g/mol. The first-order valence-electron chi connectivity index (χ1n) is 6.93. The molecule has 19 heavy (non-hydrogen) atoms. The van der Waals surface area contributed by atoms with Crippen LogP contribution in [0.15, 0.2) is 28.7 Å². The summed E-state index contributed by atoms with van der Waals surface area (Å²) in [6.45, 7) is 3.77. The van der Waals surface area contributed by atoms with Crippen molar-refractivity contribution in [1.82, 2.24) is 4.90 Å². The SMILES string of the molecule is COCC1CCN(C(CN)c2ccccc2Br)CC1. The number of nitrogens with two attached hydrogens (primary N) is 1. The van der Waals surface area contributed by atoms with E-state index in [1.165, 1.54) is 18.4 Å². The molecule has 1 unspecified atom stereocenters. The van der Waals surface area contributed by atoms with Crippen LogP contribution in [0.5, 0.6) is 0 Å². The third-order valence-electron chi connectivity index (χ3n) is 3.98. The van der Waals surface area contributed by atoms with Crippen LogP contribution in [0.1, 0.15) is 24.4 Å². The van der Waals surface area contributed by atoms with E-state index in [-0.39, 0.29) is 0 Å². The zero-order valence-corrected chi connectivity index (χ0v) is 13.1. The van der Waals surface area contributed by atoms with Crippen molar-refractivity contribution in [1.29, 1.82) is 0 Å². The first kappa shape index (κ1) is 15.0. The molecule has 1 atom stereocenters. The molecular weight excluding hydrogens is 304 g/mol. The molecule has 1 aliphatic rings. The van der Waals surface area contributed by atoms with Crippen molar-refractivity contribution in [3.63, 3.8) is 0 Å². The molecule has 0 aliphatic carbocycles. The van der Waals surface area contributed by atoms with Crippen LogP contribution in [0.3, 0.4) is 0 Å². The Morgan fingerprint density at radius 1 is 1.37 bits per heavy atom. The monoisotopic (exact) mass is 326 g/mol. The third kappa shape index (κ3) is 3.78. The lowest BCUT2D eigenvalue weighted by molar-refractivity contribution is 0.0809. The Bertz CT molecular complexity index is 391. The highest BCUT2D eigenvalue weighted by Gasteiger charge is 2.26. The first-order chi connectivity index (χ1) is 9.26. The quantitative estimate of drug-likeness (QED) is 0.904. The smallest absolute Gasteiger partial charge is 0.0491 e. The van der Waals surface area contributed by atoms with E-state index in [2.05, 4.69) is 39.0 Å². The minimum absolute atomic E-state index is 0.319. The number of ether oxygens (including phenoxy) is 1. The van der Waals surface area contributed by atoms with Gasteiger partial charge in [-0.1, -0.05) is 34.1 Å². The summed E-state index contributed by atoms with van der Waals surface area (Å²) in [6.07, 6.45) is 2.41. The topological polar surface area (TPSA) is 38.5 Å². The van der Waals surface area contributed by atoms with Gasteiger partial charge in [0.1, 0.15) is 0 Å². The van der Waals surface area contributed by atoms with Gasteiger partial charge in [-0.3, -0.25) is 4.90 Å². The number of rotatable bonds is 5. The Labute approximate surface area is 124 Å². The van der Waals surface area contributed by atoms with E-state index in [1.807, 2.05) is 6.07 Å². The summed E-state index contributed by atoms with van der Waals surface area (Å²) < 4.78 is 6.41. The zero-order valence-electron chi connectivity index (χ0n) is 11.5. The molecule has 2 rings (SSSR count). The number of likely N-dealkylation sites (tertiary alicyclic amines) is 1. The molecule has 2 N–H and O–H groups in total. The van der Waals surface area contributed by atoms with E-state index in [9.17, 15) is 0 Å². The molecule has 0 saturated carbocycles. The summed E-state index contributed by atoms with van der Waals surface area (Å²) >= 11 is 3.64. The molecule has 0 spiro atoms. The van der Waals surface area contributed by atoms with Crippen molar-refractivity contribution in [2.75, 3.05) is 33.4 Å². The van der Waals surface area contributed by atoms with E-state index in [0.717, 1.165) is 24.2 Å². The molecule has 0 aromatic heterocycles. The van der Waals surface area contributed by atoms with Gasteiger partial charge in [-0.15, -0.1) is 0 Å². The molecule has 106 valence electrons. The highest BCUT2D eigenvalue weighted by molar-refractivity contribution is 9.10. The third-order valence-corrected chi connectivity index (χ3v) is 4.70. The maximum atomic E-state index is 6.01. The molecular formula is C15H23BrN2O. The van der Waals surface area contributed by atoms with E-state index >= 15 is 0 Å². The van der Waals surface area contributed by atoms with Crippen molar-refractivity contribution in [3.05, 3.63) is 34.3 Å². The van der Waals surface area contributed by atoms with Crippen molar-refractivity contribution in [2.24, 2.45) is 11.7 Å². The van der Waals surface area contributed by atoms with E-state index < -0.39 is 0 Å². The Hall–Kier alpha value is -0.420. The number of hydrogen-bond donors (Lipinski definition) is 1. The van der Waals surface area contributed by atoms with E-state index in [1.54, 1.807) is 7.11 Å². The predicted octanol–water partition coefficient (Wildman–Crippen LogP) is 2.81. The summed E-state index contributed by atoms with van der Waals surface area (Å²) in [5, 5.41) is 0. The number of halogens is 1. The lowest BCUT2D eigenvalue weighted by Gasteiger charge is -2.37. The number of hydrogen-bond acceptors (Lipinski definition) is 3. The molecule has 1 saturated heterocycles. The van der Waals surface area contributed by atoms with Crippen molar-refractivity contribution >= 4 is 15.9 Å². The summed E-state index contributed by atoms with van der Waals surface area (Å²) in [4.78, 5) is 2.51. The second kappa shape index (κ2) is 7.39. The molecule has 1 heterocycles. The van der Waals surface area contributed by atoms with Crippen LogP contribution in [-0.4, -0.2) is 38.3 Å². The van der Waals surface area contributed by atoms with Gasteiger partial charge in [0.2, 0.25) is 0 Å². The molecule has 4 heteroatoms. The molecule has 3 nitrogen and oxygen atoms in total. The molecule has 0 bridgehead atoms. The summed E-state index contributed by atoms with van der Waals surface area (Å²) in [5.41, 5.74) is 7.31. The van der Waals surface area contributed by atoms with Gasteiger partial charge in [-0.05, 0) is 43.5 Å². The van der Waals surface area contributed by atoms with Crippen LogP contribution < -0.4 is 5.73 Å². The van der Waals surface area contributed by atoms with Gasteiger partial charge in [0.15, 0.2) is 0 Å². The standard InChI is InChI=1S/C15H23BrN2O/c1-19-11-12-6-8-18(9-7-12)15(10-17)13-4-2-3-5-14(13)16/h2-5,12,15H,6-11,17H2,1H3. The average Bonchev–Trinajstić information content (AvgIpc) is 2.44. The largest absolute Gasteiger partial charge is 0.384 e. The maximum absolute atomic E-state index is 6.01. The highest BCUT2D eigenvalue weighted by Crippen LogP contribution is 2.30. The predicted molar refractivity (Wildman–Crippen MR) is 82.1 cm³/mol. The summed E-state index contributed by atoms with van der Waals surface area (Å²) in [6, 6.07) is 8.71. The fraction of sp³-hybridized carbons (Fsp3) is 0.600. The van der Waals surface area contributed by atoms with Gasteiger partial charge in [0, 0.05) is 30.8 Å². The number of methoxy groups -OCH3 is 1. The van der Waals surface area contributed by atoms with Gasteiger partial charge < -0.3 is 10.5 Å². The molecule has 0 amide bonds. The molecule has 1 fully saturated rings. The number of benzene rings is 1. The van der Waals surface area contributed by atoms with E-state index in [0.29, 0.717) is 18.5 Å². The van der Waals surface area contributed by atoms with Gasteiger partial charge in [-0.2, -0.15) is 0 Å².